The highest BCUT2D eigenvalue weighted by atomic mass is 16.4. The molecule has 0 aliphatic rings. The molecule has 0 radical (unpaired) electrons. The first-order valence-corrected chi connectivity index (χ1v) is 10.2. The van der Waals surface area contributed by atoms with E-state index in [0.29, 0.717) is 23.4 Å². The van der Waals surface area contributed by atoms with Gasteiger partial charge in [-0.1, -0.05) is 69.0 Å². The highest BCUT2D eigenvalue weighted by Gasteiger charge is 2.44. The van der Waals surface area contributed by atoms with Crippen LogP contribution in [0.2, 0.25) is 0 Å². The lowest BCUT2D eigenvalue weighted by Gasteiger charge is -2.33. The van der Waals surface area contributed by atoms with Gasteiger partial charge in [-0.05, 0) is 23.8 Å². The summed E-state index contributed by atoms with van der Waals surface area (Å²) >= 11 is 0. The molecule has 0 aliphatic carbocycles. The molecule has 0 saturated heterocycles. The van der Waals surface area contributed by atoms with Crippen LogP contribution in [0.15, 0.2) is 54.9 Å². The molecule has 4 aromatic rings. The second-order valence-corrected chi connectivity index (χ2v) is 7.36. The molecule has 2 heterocycles. The van der Waals surface area contributed by atoms with E-state index in [0.717, 1.165) is 36.7 Å². The third-order valence-corrected chi connectivity index (χ3v) is 5.57. The Morgan fingerprint density at radius 3 is 2.67 bits per heavy atom. The van der Waals surface area contributed by atoms with E-state index in [1.165, 1.54) is 0 Å². The summed E-state index contributed by atoms with van der Waals surface area (Å²) in [6, 6.07) is 15.0. The van der Waals surface area contributed by atoms with Crippen LogP contribution in [0.25, 0.3) is 22.4 Å². The predicted molar refractivity (Wildman–Crippen MR) is 113 cm³/mol. The third-order valence-electron chi connectivity index (χ3n) is 5.57. The summed E-state index contributed by atoms with van der Waals surface area (Å²) in [5.74, 6) is -0.563. The van der Waals surface area contributed by atoms with E-state index in [4.69, 9.17) is 0 Å². The molecule has 8 nitrogen and oxygen atoms in total. The first-order chi connectivity index (χ1) is 14.7. The number of fused-ring (bicyclic) bond motifs is 1. The van der Waals surface area contributed by atoms with Crippen molar-refractivity contribution in [2.45, 2.75) is 44.6 Å². The van der Waals surface area contributed by atoms with Crippen LogP contribution in [0.5, 0.6) is 0 Å². The summed E-state index contributed by atoms with van der Waals surface area (Å²) in [6.07, 6.45) is 5.93. The van der Waals surface area contributed by atoms with Gasteiger partial charge in [-0.3, -0.25) is 0 Å². The lowest BCUT2D eigenvalue weighted by atomic mass is 9.81. The maximum atomic E-state index is 13.0. The first-order valence-electron chi connectivity index (χ1n) is 10.2. The van der Waals surface area contributed by atoms with E-state index in [9.17, 15) is 9.90 Å². The van der Waals surface area contributed by atoms with E-state index in [1.54, 1.807) is 10.9 Å². The van der Waals surface area contributed by atoms with E-state index in [2.05, 4.69) is 32.5 Å². The minimum absolute atomic E-state index is 0.370. The van der Waals surface area contributed by atoms with Gasteiger partial charge in [-0.15, -0.1) is 10.2 Å². The summed E-state index contributed by atoms with van der Waals surface area (Å²) in [6.45, 7) is 2.14. The summed E-state index contributed by atoms with van der Waals surface area (Å²) in [5, 5.41) is 25.0. The van der Waals surface area contributed by atoms with E-state index < -0.39 is 11.5 Å². The Morgan fingerprint density at radius 2 is 1.90 bits per heavy atom. The number of carbonyl (C=O) groups is 1. The summed E-state index contributed by atoms with van der Waals surface area (Å²) in [7, 11) is 0. The normalized spacial score (nSPS) is 13.4. The second-order valence-electron chi connectivity index (χ2n) is 7.36. The molecule has 2 aromatic heterocycles. The van der Waals surface area contributed by atoms with E-state index in [-0.39, 0.29) is 0 Å². The molecule has 30 heavy (non-hydrogen) atoms. The van der Waals surface area contributed by atoms with Crippen molar-refractivity contribution in [3.63, 3.8) is 0 Å². The van der Waals surface area contributed by atoms with Gasteiger partial charge in [0.15, 0.2) is 5.54 Å². The number of para-hydroxylation sites is 2. The number of hydrogen-bond donors (Lipinski definition) is 2. The van der Waals surface area contributed by atoms with Crippen LogP contribution < -0.4 is 0 Å². The highest BCUT2D eigenvalue weighted by Crippen LogP contribution is 2.39. The number of benzene rings is 2. The number of carboxylic acids is 1. The fourth-order valence-corrected chi connectivity index (χ4v) is 4.10. The molecule has 1 atom stereocenters. The van der Waals surface area contributed by atoms with Gasteiger partial charge in [0.25, 0.3) is 0 Å². The Kier molecular flexibility index (Phi) is 5.56. The Labute approximate surface area is 174 Å². The third kappa shape index (κ3) is 3.34. The van der Waals surface area contributed by atoms with Gasteiger partial charge in [0.05, 0.1) is 17.4 Å². The number of aromatic amines is 1. The molecule has 0 amide bonds. The van der Waals surface area contributed by atoms with Gasteiger partial charge < -0.3 is 9.67 Å². The Balaban J connectivity index is 1.96. The van der Waals surface area contributed by atoms with E-state index >= 15 is 0 Å². The zero-order chi connectivity index (χ0) is 21.0. The van der Waals surface area contributed by atoms with Crippen LogP contribution in [0.1, 0.15) is 44.6 Å². The number of hydrogen-bond acceptors (Lipinski definition) is 5. The molecular weight excluding hydrogens is 380 g/mol. The SMILES string of the molecule is CCCCCCC(C(=O)O)(c1ccccc1-c1nn[nH]n1)n1cnc2ccccc21. The Morgan fingerprint density at radius 1 is 1.10 bits per heavy atom. The lowest BCUT2D eigenvalue weighted by molar-refractivity contribution is -0.145. The smallest absolute Gasteiger partial charge is 0.334 e. The van der Waals surface area contributed by atoms with Crippen LogP contribution >= 0.6 is 0 Å². The maximum Gasteiger partial charge on any atom is 0.334 e. The van der Waals surface area contributed by atoms with Gasteiger partial charge >= 0.3 is 5.97 Å². The van der Waals surface area contributed by atoms with Crippen LogP contribution in [-0.2, 0) is 10.3 Å². The van der Waals surface area contributed by atoms with Gasteiger partial charge in [0.2, 0.25) is 5.82 Å². The largest absolute Gasteiger partial charge is 0.479 e. The number of aliphatic carboxylic acids is 1. The minimum atomic E-state index is -1.35. The number of nitrogens with zero attached hydrogens (tertiary/aromatic N) is 5. The molecule has 2 N–H and O–H groups in total. The number of imidazole rings is 1. The van der Waals surface area contributed by atoms with Crippen LogP contribution in [-0.4, -0.2) is 41.3 Å². The van der Waals surface area contributed by atoms with Crippen molar-refractivity contribution >= 4 is 17.0 Å². The van der Waals surface area contributed by atoms with Gasteiger partial charge in [0.1, 0.15) is 0 Å². The monoisotopic (exact) mass is 404 g/mol. The molecular formula is C22H24N6O2. The van der Waals surface area contributed by atoms with Crippen LogP contribution in [0.3, 0.4) is 0 Å². The highest BCUT2D eigenvalue weighted by molar-refractivity contribution is 5.88. The van der Waals surface area contributed by atoms with Gasteiger partial charge in [-0.2, -0.15) is 5.21 Å². The molecule has 0 saturated carbocycles. The number of H-pyrrole nitrogens is 1. The molecule has 0 aliphatic heterocycles. The van der Waals surface area contributed by atoms with Gasteiger partial charge in [0, 0.05) is 11.1 Å². The summed E-state index contributed by atoms with van der Waals surface area (Å²) in [4.78, 5) is 17.5. The first kappa shape index (κ1) is 19.8. The summed E-state index contributed by atoms with van der Waals surface area (Å²) < 4.78 is 1.79. The van der Waals surface area contributed by atoms with Gasteiger partial charge in [-0.25, -0.2) is 9.78 Å². The molecule has 2 aromatic carbocycles. The van der Waals surface area contributed by atoms with Crippen molar-refractivity contribution < 1.29 is 9.90 Å². The average molecular weight is 404 g/mol. The standard InChI is InChI=1S/C22H24N6O2/c1-2-3-4-9-14-22(21(29)30,28-15-23-18-12-7-8-13-19(18)28)17-11-6-5-10-16(17)20-24-26-27-25-20/h5-8,10-13,15H,2-4,9,14H2,1H3,(H,29,30)(H,24,25,26,27). The van der Waals surface area contributed by atoms with Crippen molar-refractivity contribution in [1.82, 2.24) is 30.2 Å². The van der Waals surface area contributed by atoms with Crippen molar-refractivity contribution in [3.8, 4) is 11.4 Å². The fraction of sp³-hybridized carbons (Fsp3) is 0.318. The molecule has 1 unspecified atom stereocenters. The maximum absolute atomic E-state index is 13.0. The molecule has 154 valence electrons. The molecule has 4 rings (SSSR count). The van der Waals surface area contributed by atoms with Crippen LogP contribution in [0.4, 0.5) is 0 Å². The van der Waals surface area contributed by atoms with E-state index in [1.807, 2.05) is 48.5 Å². The zero-order valence-corrected chi connectivity index (χ0v) is 16.8. The van der Waals surface area contributed by atoms with Crippen molar-refractivity contribution in [3.05, 3.63) is 60.4 Å². The van der Waals surface area contributed by atoms with Crippen molar-refractivity contribution in [1.29, 1.82) is 0 Å². The number of carboxylic acid groups (broad SMARTS) is 1. The Bertz CT molecular complexity index is 1140. The van der Waals surface area contributed by atoms with Crippen molar-refractivity contribution in [2.24, 2.45) is 0 Å². The number of unbranched alkanes of at least 4 members (excludes halogenated alkanes) is 3. The number of nitrogens with one attached hydrogen (secondary N) is 1. The number of rotatable bonds is 9. The fourth-order valence-electron chi connectivity index (χ4n) is 4.10. The predicted octanol–water partition coefficient (Wildman–Crippen LogP) is 4.02. The molecule has 0 spiro atoms. The second kappa shape index (κ2) is 8.44. The number of tetrazole rings is 1. The summed E-state index contributed by atoms with van der Waals surface area (Å²) in [5.41, 5.74) is 1.45. The topological polar surface area (TPSA) is 110 Å². The average Bonchev–Trinajstić information content (AvgIpc) is 3.45. The Hall–Kier alpha value is -3.55. The minimum Gasteiger partial charge on any atom is -0.479 e. The molecule has 0 fully saturated rings. The molecule has 8 heteroatoms. The quantitative estimate of drug-likeness (QED) is 0.408. The number of aromatic nitrogens is 6. The van der Waals surface area contributed by atoms with Crippen LogP contribution in [0, 0.1) is 0 Å². The molecule has 0 bridgehead atoms. The van der Waals surface area contributed by atoms with Crippen molar-refractivity contribution in [2.75, 3.05) is 0 Å². The lowest BCUT2D eigenvalue weighted by Crippen LogP contribution is -2.43. The zero-order valence-electron chi connectivity index (χ0n) is 16.8.